The third-order valence-corrected chi connectivity index (χ3v) is 4.45. The van der Waals surface area contributed by atoms with Crippen LogP contribution in [-0.4, -0.2) is 30.6 Å². The standard InChI is InChI=1S/C15H22N2/c1-12-4-2-3-5-13(12)10-16-15-7-9-17-8-6-14(15)11-17/h2-5,14-16H,6-11H2,1H3. The molecule has 3 rings (SSSR count). The lowest BCUT2D eigenvalue weighted by atomic mass is 9.94. The molecule has 2 nitrogen and oxygen atoms in total. The predicted octanol–water partition coefficient (Wildman–Crippen LogP) is 2.18. The Labute approximate surface area is 104 Å². The molecule has 0 radical (unpaired) electrons. The highest BCUT2D eigenvalue weighted by atomic mass is 15.2. The Balaban J connectivity index is 1.59. The van der Waals surface area contributed by atoms with Gasteiger partial charge in [0.15, 0.2) is 0 Å². The fourth-order valence-corrected chi connectivity index (χ4v) is 3.27. The molecule has 1 N–H and O–H groups in total. The van der Waals surface area contributed by atoms with Gasteiger partial charge in [-0.3, -0.25) is 0 Å². The molecule has 2 aliphatic heterocycles. The maximum atomic E-state index is 3.78. The number of benzene rings is 1. The van der Waals surface area contributed by atoms with Gasteiger partial charge in [0.1, 0.15) is 0 Å². The molecular weight excluding hydrogens is 208 g/mol. The predicted molar refractivity (Wildman–Crippen MR) is 71.0 cm³/mol. The second-order valence-electron chi connectivity index (χ2n) is 5.55. The van der Waals surface area contributed by atoms with Crippen molar-refractivity contribution < 1.29 is 0 Å². The molecule has 2 fully saturated rings. The van der Waals surface area contributed by atoms with Crippen molar-refractivity contribution in [1.82, 2.24) is 10.2 Å². The number of aryl methyl sites for hydroxylation is 1. The Kier molecular flexibility index (Phi) is 3.17. The topological polar surface area (TPSA) is 15.3 Å². The quantitative estimate of drug-likeness (QED) is 0.856. The van der Waals surface area contributed by atoms with Crippen LogP contribution in [0.1, 0.15) is 24.0 Å². The van der Waals surface area contributed by atoms with E-state index in [1.165, 1.54) is 43.6 Å². The second kappa shape index (κ2) is 4.79. The number of hydrogen-bond donors (Lipinski definition) is 1. The summed E-state index contributed by atoms with van der Waals surface area (Å²) in [5, 5.41) is 3.78. The molecule has 2 heteroatoms. The minimum absolute atomic E-state index is 0.744. The molecule has 3 atom stereocenters. The van der Waals surface area contributed by atoms with Crippen molar-refractivity contribution in [2.75, 3.05) is 19.6 Å². The minimum Gasteiger partial charge on any atom is -0.310 e. The van der Waals surface area contributed by atoms with E-state index in [-0.39, 0.29) is 0 Å². The van der Waals surface area contributed by atoms with Crippen molar-refractivity contribution in [3.8, 4) is 0 Å². The molecule has 1 aromatic carbocycles. The van der Waals surface area contributed by atoms with Crippen molar-refractivity contribution in [1.29, 1.82) is 0 Å². The van der Waals surface area contributed by atoms with Crippen molar-refractivity contribution in [2.45, 2.75) is 32.4 Å². The van der Waals surface area contributed by atoms with Gasteiger partial charge in [-0.1, -0.05) is 24.3 Å². The smallest absolute Gasteiger partial charge is 0.0210 e. The van der Waals surface area contributed by atoms with Crippen molar-refractivity contribution in [3.63, 3.8) is 0 Å². The molecular formula is C15H22N2. The van der Waals surface area contributed by atoms with Gasteiger partial charge in [-0.15, -0.1) is 0 Å². The summed E-state index contributed by atoms with van der Waals surface area (Å²) in [6, 6.07) is 9.45. The third-order valence-electron chi connectivity index (χ3n) is 4.45. The lowest BCUT2D eigenvalue weighted by molar-refractivity contribution is 0.220. The fraction of sp³-hybridized carbons (Fsp3) is 0.600. The lowest BCUT2D eigenvalue weighted by Crippen LogP contribution is -2.43. The minimum atomic E-state index is 0.744. The van der Waals surface area contributed by atoms with Crippen LogP contribution < -0.4 is 5.32 Å². The molecule has 0 aromatic heterocycles. The van der Waals surface area contributed by atoms with Crippen LogP contribution in [0.5, 0.6) is 0 Å². The molecule has 2 bridgehead atoms. The van der Waals surface area contributed by atoms with E-state index in [9.17, 15) is 0 Å². The number of nitrogens with zero attached hydrogens (tertiary/aromatic N) is 1. The van der Waals surface area contributed by atoms with E-state index in [2.05, 4.69) is 41.4 Å². The molecule has 1 aromatic rings. The van der Waals surface area contributed by atoms with E-state index < -0.39 is 0 Å². The van der Waals surface area contributed by atoms with Gasteiger partial charge in [-0.05, 0) is 49.9 Å². The summed E-state index contributed by atoms with van der Waals surface area (Å²) in [5.74, 6) is 0.896. The molecule has 0 spiro atoms. The van der Waals surface area contributed by atoms with Crippen LogP contribution in [0.15, 0.2) is 24.3 Å². The highest BCUT2D eigenvalue weighted by Crippen LogP contribution is 2.27. The SMILES string of the molecule is Cc1ccccc1CNC1CCN2CCC1C2. The number of piperidine rings is 1. The summed E-state index contributed by atoms with van der Waals surface area (Å²) < 4.78 is 0. The van der Waals surface area contributed by atoms with Crippen LogP contribution in [0, 0.1) is 12.8 Å². The summed E-state index contributed by atoms with van der Waals surface area (Å²) in [7, 11) is 0. The summed E-state index contributed by atoms with van der Waals surface area (Å²) in [6.45, 7) is 7.18. The van der Waals surface area contributed by atoms with Crippen molar-refractivity contribution in [3.05, 3.63) is 35.4 Å². The Bertz CT molecular complexity index is 388. The second-order valence-corrected chi connectivity index (χ2v) is 5.55. The molecule has 17 heavy (non-hydrogen) atoms. The van der Waals surface area contributed by atoms with Gasteiger partial charge in [0.2, 0.25) is 0 Å². The number of fused-ring (bicyclic) bond motifs is 2. The molecule has 0 aliphatic carbocycles. The van der Waals surface area contributed by atoms with Crippen molar-refractivity contribution >= 4 is 0 Å². The van der Waals surface area contributed by atoms with Crippen LogP contribution in [0.25, 0.3) is 0 Å². The first-order valence-corrected chi connectivity index (χ1v) is 6.83. The Morgan fingerprint density at radius 1 is 1.24 bits per heavy atom. The largest absolute Gasteiger partial charge is 0.310 e. The lowest BCUT2D eigenvalue weighted by Gasteiger charge is -2.31. The maximum absolute atomic E-state index is 3.78. The maximum Gasteiger partial charge on any atom is 0.0210 e. The van der Waals surface area contributed by atoms with E-state index in [4.69, 9.17) is 0 Å². The Hall–Kier alpha value is -0.860. The summed E-state index contributed by atoms with van der Waals surface area (Å²) in [4.78, 5) is 2.61. The number of rotatable bonds is 3. The average Bonchev–Trinajstić information content (AvgIpc) is 2.73. The highest BCUT2D eigenvalue weighted by molar-refractivity contribution is 5.25. The summed E-state index contributed by atoms with van der Waals surface area (Å²) in [6.07, 6.45) is 2.72. The van der Waals surface area contributed by atoms with Crippen LogP contribution in [0.2, 0.25) is 0 Å². The van der Waals surface area contributed by atoms with E-state index >= 15 is 0 Å². The van der Waals surface area contributed by atoms with Crippen LogP contribution in [-0.2, 0) is 6.54 Å². The third kappa shape index (κ3) is 2.38. The van der Waals surface area contributed by atoms with Crippen LogP contribution in [0.4, 0.5) is 0 Å². The molecule has 3 unspecified atom stereocenters. The van der Waals surface area contributed by atoms with Crippen LogP contribution >= 0.6 is 0 Å². The van der Waals surface area contributed by atoms with Gasteiger partial charge in [-0.2, -0.15) is 0 Å². The van der Waals surface area contributed by atoms with Crippen LogP contribution in [0.3, 0.4) is 0 Å². The van der Waals surface area contributed by atoms with Gasteiger partial charge in [0, 0.05) is 19.1 Å². The summed E-state index contributed by atoms with van der Waals surface area (Å²) in [5.41, 5.74) is 2.86. The van der Waals surface area contributed by atoms with Gasteiger partial charge in [0.05, 0.1) is 0 Å². The molecule has 92 valence electrons. The highest BCUT2D eigenvalue weighted by Gasteiger charge is 2.33. The van der Waals surface area contributed by atoms with E-state index in [1.54, 1.807) is 0 Å². The molecule has 0 saturated carbocycles. The first-order chi connectivity index (χ1) is 8.33. The van der Waals surface area contributed by atoms with E-state index in [0.29, 0.717) is 0 Å². The van der Waals surface area contributed by atoms with Gasteiger partial charge >= 0.3 is 0 Å². The first kappa shape index (κ1) is 11.2. The zero-order chi connectivity index (χ0) is 11.7. The molecule has 0 amide bonds. The molecule has 2 heterocycles. The Morgan fingerprint density at radius 3 is 2.94 bits per heavy atom. The monoisotopic (exact) mass is 230 g/mol. The van der Waals surface area contributed by atoms with Gasteiger partial charge in [0.25, 0.3) is 0 Å². The van der Waals surface area contributed by atoms with E-state index in [1.807, 2.05) is 0 Å². The zero-order valence-corrected chi connectivity index (χ0v) is 10.7. The zero-order valence-electron chi connectivity index (χ0n) is 10.7. The molecule has 2 aliphatic rings. The van der Waals surface area contributed by atoms with Crippen molar-refractivity contribution in [2.24, 2.45) is 5.92 Å². The molecule has 2 saturated heterocycles. The number of hydrogen-bond acceptors (Lipinski definition) is 2. The van der Waals surface area contributed by atoms with Gasteiger partial charge < -0.3 is 10.2 Å². The average molecular weight is 230 g/mol. The normalized spacial score (nSPS) is 31.7. The van der Waals surface area contributed by atoms with E-state index in [0.717, 1.165) is 18.5 Å². The first-order valence-electron chi connectivity index (χ1n) is 6.83. The van der Waals surface area contributed by atoms with Gasteiger partial charge in [-0.25, -0.2) is 0 Å². The number of nitrogens with one attached hydrogen (secondary N) is 1. The summed E-state index contributed by atoms with van der Waals surface area (Å²) >= 11 is 0. The Morgan fingerprint density at radius 2 is 2.06 bits per heavy atom. The fourth-order valence-electron chi connectivity index (χ4n) is 3.27.